The summed E-state index contributed by atoms with van der Waals surface area (Å²) in [4.78, 5) is 13.3. The lowest BCUT2D eigenvalue weighted by atomic mass is 9.99. The quantitative estimate of drug-likeness (QED) is 0.839. The smallest absolute Gasteiger partial charge is 0.267 e. The highest BCUT2D eigenvalue weighted by molar-refractivity contribution is 7.10. The summed E-state index contributed by atoms with van der Waals surface area (Å²) in [5.74, 6) is 1.87. The number of nitrogens with zero attached hydrogens (tertiary/aromatic N) is 1. The largest absolute Gasteiger partial charge is 0.272 e. The summed E-state index contributed by atoms with van der Waals surface area (Å²) in [6.07, 6.45) is 4.98. The number of rotatable bonds is 3. The monoisotopic (exact) mass is 276 g/mol. The van der Waals surface area contributed by atoms with Crippen LogP contribution in [0.3, 0.4) is 0 Å². The van der Waals surface area contributed by atoms with Crippen molar-refractivity contribution >= 4 is 23.0 Å². The number of carbonyl (C=O) groups is 1. The van der Waals surface area contributed by atoms with Gasteiger partial charge in [0.15, 0.2) is 0 Å². The molecule has 19 heavy (non-hydrogen) atoms. The molecule has 2 aliphatic rings. The van der Waals surface area contributed by atoms with Crippen LogP contribution >= 0.6 is 11.3 Å². The molecule has 2 bridgehead atoms. The summed E-state index contributed by atoms with van der Waals surface area (Å²) >= 11 is 1.65. The first kappa shape index (κ1) is 12.9. The zero-order chi connectivity index (χ0) is 13.4. The zero-order valence-electron chi connectivity index (χ0n) is 11.5. The Balaban J connectivity index is 1.63. The van der Waals surface area contributed by atoms with Crippen molar-refractivity contribution in [2.45, 2.75) is 45.4 Å². The SMILES string of the molecule is CC(C)c1cc(C(=O)N/N=C2\C[C@H]3CC[C@H]2C3)cs1. The van der Waals surface area contributed by atoms with E-state index in [-0.39, 0.29) is 5.91 Å². The van der Waals surface area contributed by atoms with Gasteiger partial charge in [-0.1, -0.05) is 13.8 Å². The zero-order valence-corrected chi connectivity index (χ0v) is 12.3. The lowest BCUT2D eigenvalue weighted by molar-refractivity contribution is 0.0955. The van der Waals surface area contributed by atoms with Crippen LogP contribution in [0.1, 0.15) is 60.7 Å². The Morgan fingerprint density at radius 3 is 2.89 bits per heavy atom. The molecule has 2 fully saturated rings. The number of hydrogen-bond acceptors (Lipinski definition) is 3. The molecule has 0 spiro atoms. The van der Waals surface area contributed by atoms with Gasteiger partial charge in [0, 0.05) is 16.0 Å². The molecule has 4 heteroatoms. The van der Waals surface area contributed by atoms with Crippen molar-refractivity contribution in [3.05, 3.63) is 21.9 Å². The second-order valence-electron chi connectivity index (χ2n) is 6.02. The van der Waals surface area contributed by atoms with Crippen molar-refractivity contribution in [3.63, 3.8) is 0 Å². The van der Waals surface area contributed by atoms with Crippen LogP contribution in [0.15, 0.2) is 16.5 Å². The Kier molecular flexibility index (Phi) is 3.44. The van der Waals surface area contributed by atoms with Gasteiger partial charge in [-0.3, -0.25) is 4.79 Å². The maximum atomic E-state index is 12.0. The molecular weight excluding hydrogens is 256 g/mol. The van der Waals surface area contributed by atoms with Crippen LogP contribution in [0.5, 0.6) is 0 Å². The number of thiophene rings is 1. The molecule has 1 heterocycles. The van der Waals surface area contributed by atoms with Crippen LogP contribution in [0, 0.1) is 11.8 Å². The van der Waals surface area contributed by atoms with E-state index >= 15 is 0 Å². The number of amides is 1. The highest BCUT2D eigenvalue weighted by atomic mass is 32.1. The number of fused-ring (bicyclic) bond motifs is 2. The lowest BCUT2D eigenvalue weighted by Gasteiger charge is -2.11. The molecule has 1 N–H and O–H groups in total. The Morgan fingerprint density at radius 2 is 2.32 bits per heavy atom. The van der Waals surface area contributed by atoms with Gasteiger partial charge in [0.1, 0.15) is 0 Å². The lowest BCUT2D eigenvalue weighted by Crippen LogP contribution is -2.21. The minimum absolute atomic E-state index is 0.0709. The number of carbonyl (C=O) groups excluding carboxylic acids is 1. The summed E-state index contributed by atoms with van der Waals surface area (Å²) < 4.78 is 0. The summed E-state index contributed by atoms with van der Waals surface area (Å²) in [6.45, 7) is 4.28. The molecule has 2 aliphatic carbocycles. The summed E-state index contributed by atoms with van der Waals surface area (Å²) in [7, 11) is 0. The Labute approximate surface area is 118 Å². The molecule has 1 amide bonds. The fourth-order valence-corrected chi connectivity index (χ4v) is 4.03. The maximum absolute atomic E-state index is 12.0. The van der Waals surface area contributed by atoms with Crippen molar-refractivity contribution in [3.8, 4) is 0 Å². The van der Waals surface area contributed by atoms with Gasteiger partial charge in [0.25, 0.3) is 5.91 Å². The van der Waals surface area contributed by atoms with Crippen LogP contribution in [-0.2, 0) is 0 Å². The van der Waals surface area contributed by atoms with Crippen LogP contribution in [0.4, 0.5) is 0 Å². The second kappa shape index (κ2) is 5.08. The predicted molar refractivity (Wildman–Crippen MR) is 78.8 cm³/mol. The van der Waals surface area contributed by atoms with E-state index < -0.39 is 0 Å². The number of nitrogens with one attached hydrogen (secondary N) is 1. The molecule has 2 saturated carbocycles. The first-order chi connectivity index (χ1) is 9.13. The van der Waals surface area contributed by atoms with Gasteiger partial charge in [0.2, 0.25) is 0 Å². The summed E-state index contributed by atoms with van der Waals surface area (Å²) in [5, 5.41) is 6.28. The van der Waals surface area contributed by atoms with E-state index in [1.807, 2.05) is 11.4 Å². The third-order valence-corrected chi connectivity index (χ3v) is 5.50. The molecule has 0 radical (unpaired) electrons. The molecule has 0 unspecified atom stereocenters. The molecule has 0 aromatic carbocycles. The second-order valence-corrected chi connectivity index (χ2v) is 6.96. The molecule has 2 atom stereocenters. The van der Waals surface area contributed by atoms with E-state index in [2.05, 4.69) is 24.4 Å². The van der Waals surface area contributed by atoms with Gasteiger partial charge in [-0.2, -0.15) is 5.10 Å². The van der Waals surface area contributed by atoms with Crippen molar-refractivity contribution in [2.75, 3.05) is 0 Å². The molecule has 3 rings (SSSR count). The van der Waals surface area contributed by atoms with Crippen LogP contribution in [0.25, 0.3) is 0 Å². The van der Waals surface area contributed by atoms with Gasteiger partial charge in [0.05, 0.1) is 5.56 Å². The third kappa shape index (κ3) is 2.59. The first-order valence-corrected chi connectivity index (χ1v) is 7.96. The fourth-order valence-electron chi connectivity index (χ4n) is 3.12. The molecule has 0 aliphatic heterocycles. The first-order valence-electron chi connectivity index (χ1n) is 7.08. The van der Waals surface area contributed by atoms with Gasteiger partial charge in [-0.15, -0.1) is 11.3 Å². The number of hydrazone groups is 1. The highest BCUT2D eigenvalue weighted by Gasteiger charge is 2.36. The standard InChI is InChI=1S/C15H20N2OS/c1-9(2)14-7-12(8-19-14)15(18)17-16-13-6-10-3-4-11(13)5-10/h7-11H,3-6H2,1-2H3,(H,17,18)/b16-13+/t10-,11-/m0/s1. The molecule has 3 nitrogen and oxygen atoms in total. The molecule has 1 aromatic heterocycles. The minimum Gasteiger partial charge on any atom is -0.267 e. The average molecular weight is 276 g/mol. The predicted octanol–water partition coefficient (Wildman–Crippen LogP) is 3.78. The van der Waals surface area contributed by atoms with E-state index in [1.165, 1.54) is 29.9 Å². The van der Waals surface area contributed by atoms with Crippen molar-refractivity contribution < 1.29 is 4.79 Å². The van der Waals surface area contributed by atoms with E-state index in [0.717, 1.165) is 17.9 Å². The summed E-state index contributed by atoms with van der Waals surface area (Å²) in [5.41, 5.74) is 4.68. The van der Waals surface area contributed by atoms with E-state index in [1.54, 1.807) is 11.3 Å². The minimum atomic E-state index is -0.0709. The maximum Gasteiger partial charge on any atom is 0.272 e. The topological polar surface area (TPSA) is 41.5 Å². The molecule has 1 aromatic rings. The normalized spacial score (nSPS) is 27.4. The van der Waals surface area contributed by atoms with Crippen molar-refractivity contribution in [1.29, 1.82) is 0 Å². The molecule has 0 saturated heterocycles. The van der Waals surface area contributed by atoms with Crippen molar-refractivity contribution in [2.24, 2.45) is 16.9 Å². The Hall–Kier alpha value is -1.16. The number of hydrogen-bond donors (Lipinski definition) is 1. The Morgan fingerprint density at radius 1 is 1.47 bits per heavy atom. The van der Waals surface area contributed by atoms with E-state index in [9.17, 15) is 4.79 Å². The Bertz CT molecular complexity index is 518. The van der Waals surface area contributed by atoms with Gasteiger partial charge in [-0.25, -0.2) is 5.43 Å². The fraction of sp³-hybridized carbons (Fsp3) is 0.600. The van der Waals surface area contributed by atoms with Gasteiger partial charge >= 0.3 is 0 Å². The van der Waals surface area contributed by atoms with Gasteiger partial charge < -0.3 is 0 Å². The van der Waals surface area contributed by atoms with E-state index in [4.69, 9.17) is 0 Å². The van der Waals surface area contributed by atoms with Crippen LogP contribution < -0.4 is 5.43 Å². The van der Waals surface area contributed by atoms with Gasteiger partial charge in [-0.05, 0) is 49.5 Å². The van der Waals surface area contributed by atoms with Crippen molar-refractivity contribution in [1.82, 2.24) is 5.43 Å². The average Bonchev–Trinajstić information content (AvgIpc) is 3.10. The highest BCUT2D eigenvalue weighted by Crippen LogP contribution is 2.42. The third-order valence-electron chi connectivity index (χ3n) is 4.26. The van der Waals surface area contributed by atoms with Crippen LogP contribution in [0.2, 0.25) is 0 Å². The summed E-state index contributed by atoms with van der Waals surface area (Å²) in [6, 6.07) is 1.98. The van der Waals surface area contributed by atoms with Crippen LogP contribution in [-0.4, -0.2) is 11.6 Å². The molecule has 102 valence electrons. The molecular formula is C15H20N2OS. The van der Waals surface area contributed by atoms with E-state index in [0.29, 0.717) is 11.8 Å².